The summed E-state index contributed by atoms with van der Waals surface area (Å²) in [5.74, 6) is -0.757. The average molecular weight is 463 g/mol. The van der Waals surface area contributed by atoms with Crippen LogP contribution in [0.4, 0.5) is 0 Å². The number of carbonyl (C=O) groups is 1. The molecule has 0 aromatic heterocycles. The lowest BCUT2D eigenvalue weighted by Gasteiger charge is -2.27. The molecule has 5 nitrogen and oxygen atoms in total. The number of rotatable bonds is 11. The molecule has 0 aliphatic carbocycles. The number of carbonyl (C=O) groups excluding carboxylic acids is 1. The molecule has 1 aromatic rings. The molecule has 1 aliphatic heterocycles. The maximum absolute atomic E-state index is 13.1. The van der Waals surface area contributed by atoms with E-state index < -0.39 is 12.0 Å². The second-order valence-electron chi connectivity index (χ2n) is 7.50. The van der Waals surface area contributed by atoms with Crippen LogP contribution in [0.25, 0.3) is 0 Å². The van der Waals surface area contributed by atoms with Gasteiger partial charge in [0.1, 0.15) is 12.4 Å². The van der Waals surface area contributed by atoms with Crippen molar-refractivity contribution in [1.82, 2.24) is 0 Å². The first kappa shape index (κ1) is 25.1. The summed E-state index contributed by atoms with van der Waals surface area (Å²) in [6, 6.07) is 6.74. The molecule has 3 atom stereocenters. The Morgan fingerprint density at radius 1 is 1.45 bits per heavy atom. The van der Waals surface area contributed by atoms with Crippen LogP contribution in [0.5, 0.6) is 5.75 Å². The normalized spacial score (nSPS) is 18.9. The number of nitrogens with one attached hydrogen (secondary N) is 1. The van der Waals surface area contributed by atoms with Gasteiger partial charge in [0, 0.05) is 22.3 Å². The Balaban J connectivity index is 2.18. The summed E-state index contributed by atoms with van der Waals surface area (Å²) in [4.78, 5) is 17.3. The summed E-state index contributed by atoms with van der Waals surface area (Å²) >= 11 is 11.9. The predicted octanol–water partition coefficient (Wildman–Crippen LogP) is 5.41. The number of allylic oxidation sites excluding steroid dienone is 5. The third-order valence-electron chi connectivity index (χ3n) is 5.10. The lowest BCUT2D eigenvalue weighted by molar-refractivity contribution is -0.125. The van der Waals surface area contributed by atoms with Crippen molar-refractivity contribution < 1.29 is 14.6 Å². The molecule has 31 heavy (non-hydrogen) atoms. The zero-order chi connectivity index (χ0) is 22.8. The van der Waals surface area contributed by atoms with Gasteiger partial charge in [-0.15, -0.1) is 0 Å². The van der Waals surface area contributed by atoms with Crippen molar-refractivity contribution in [2.75, 3.05) is 13.2 Å². The third-order valence-corrected chi connectivity index (χ3v) is 5.62. The number of benzene rings is 1. The second kappa shape index (κ2) is 12.6. The van der Waals surface area contributed by atoms with Crippen LogP contribution in [-0.4, -0.2) is 42.1 Å². The highest BCUT2D eigenvalue weighted by Crippen LogP contribution is 2.25. The predicted molar refractivity (Wildman–Crippen MR) is 128 cm³/mol. The topological polar surface area (TPSA) is 82.7 Å². The zero-order valence-electron chi connectivity index (χ0n) is 17.6. The molecule has 0 amide bonds. The van der Waals surface area contributed by atoms with E-state index in [-0.39, 0.29) is 24.0 Å². The van der Waals surface area contributed by atoms with Crippen LogP contribution >= 0.6 is 23.2 Å². The van der Waals surface area contributed by atoms with Crippen LogP contribution in [0.1, 0.15) is 26.2 Å². The highest BCUT2D eigenvalue weighted by molar-refractivity contribution is 6.31. The lowest BCUT2D eigenvalue weighted by Crippen LogP contribution is -2.39. The summed E-state index contributed by atoms with van der Waals surface area (Å²) < 4.78 is 5.58. The van der Waals surface area contributed by atoms with Crippen LogP contribution < -0.4 is 4.74 Å². The molecule has 0 bridgehead atoms. The first-order valence-electron chi connectivity index (χ1n) is 10.1. The number of ether oxygens (including phenoxy) is 1. The number of hydrogen-bond acceptors (Lipinski definition) is 5. The van der Waals surface area contributed by atoms with Gasteiger partial charge in [-0.2, -0.15) is 0 Å². The van der Waals surface area contributed by atoms with Gasteiger partial charge in [-0.25, -0.2) is 0 Å². The van der Waals surface area contributed by atoms with E-state index in [0.717, 1.165) is 12.8 Å². The number of aliphatic hydroxyl groups is 1. The lowest BCUT2D eigenvalue weighted by atomic mass is 9.82. The Morgan fingerprint density at radius 3 is 2.87 bits per heavy atom. The summed E-state index contributed by atoms with van der Waals surface area (Å²) in [5.41, 5.74) is 0.568. The van der Waals surface area contributed by atoms with Crippen LogP contribution in [0.3, 0.4) is 0 Å². The van der Waals surface area contributed by atoms with Crippen LogP contribution in [0, 0.1) is 17.2 Å². The molecule has 0 radical (unpaired) electrons. The SMILES string of the molecule is C=C/C(Cl)=C\C=C(C)C(=N)C(C(=O)COc1cccc(Cl)c1)C(O)CC1CCC=NC1. The van der Waals surface area contributed by atoms with Gasteiger partial charge in [0.2, 0.25) is 0 Å². The van der Waals surface area contributed by atoms with Crippen molar-refractivity contribution in [3.8, 4) is 5.75 Å². The Labute approximate surface area is 193 Å². The van der Waals surface area contributed by atoms with Crippen molar-refractivity contribution in [3.63, 3.8) is 0 Å². The summed E-state index contributed by atoms with van der Waals surface area (Å²) in [5, 5.41) is 20.4. The van der Waals surface area contributed by atoms with E-state index in [0.29, 0.717) is 34.3 Å². The van der Waals surface area contributed by atoms with Crippen molar-refractivity contribution >= 4 is 40.9 Å². The highest BCUT2D eigenvalue weighted by Gasteiger charge is 2.33. The molecule has 0 spiro atoms. The van der Waals surface area contributed by atoms with Gasteiger partial charge < -0.3 is 15.3 Å². The molecular formula is C24H28Cl2N2O3. The quantitative estimate of drug-likeness (QED) is 0.340. The molecule has 2 rings (SSSR count). The smallest absolute Gasteiger partial charge is 0.181 e. The molecule has 166 valence electrons. The van der Waals surface area contributed by atoms with Gasteiger partial charge in [0.25, 0.3) is 0 Å². The zero-order valence-corrected chi connectivity index (χ0v) is 19.1. The number of aliphatic imine (C=N–C) groups is 1. The molecule has 7 heteroatoms. The number of nitrogens with zero attached hydrogens (tertiary/aromatic N) is 1. The summed E-state index contributed by atoms with van der Waals surface area (Å²) in [6.07, 6.45) is 7.75. The fourth-order valence-electron chi connectivity index (χ4n) is 3.36. The summed E-state index contributed by atoms with van der Waals surface area (Å²) in [7, 11) is 0. The van der Waals surface area contributed by atoms with Gasteiger partial charge in [-0.1, -0.05) is 48.0 Å². The van der Waals surface area contributed by atoms with Gasteiger partial charge in [0.15, 0.2) is 5.78 Å². The van der Waals surface area contributed by atoms with Gasteiger partial charge >= 0.3 is 0 Å². The number of halogens is 2. The fraction of sp³-hybridized carbons (Fsp3) is 0.375. The van der Waals surface area contributed by atoms with E-state index in [2.05, 4.69) is 11.6 Å². The molecule has 1 aromatic carbocycles. The maximum Gasteiger partial charge on any atom is 0.181 e. The van der Waals surface area contributed by atoms with Crippen molar-refractivity contribution in [1.29, 1.82) is 5.41 Å². The van der Waals surface area contributed by atoms with Gasteiger partial charge in [-0.3, -0.25) is 9.79 Å². The van der Waals surface area contributed by atoms with Crippen molar-refractivity contribution in [3.05, 3.63) is 64.7 Å². The summed E-state index contributed by atoms with van der Waals surface area (Å²) in [6.45, 7) is 5.64. The molecule has 3 unspecified atom stereocenters. The molecule has 0 fully saturated rings. The molecule has 1 heterocycles. The first-order valence-corrected chi connectivity index (χ1v) is 10.9. The largest absolute Gasteiger partial charge is 0.486 e. The average Bonchev–Trinajstić information content (AvgIpc) is 2.76. The molecule has 1 aliphatic rings. The van der Waals surface area contributed by atoms with E-state index in [9.17, 15) is 9.90 Å². The number of ketones is 1. The Morgan fingerprint density at radius 2 is 2.23 bits per heavy atom. The second-order valence-corrected chi connectivity index (χ2v) is 8.38. The van der Waals surface area contributed by atoms with E-state index in [1.807, 2.05) is 6.21 Å². The van der Waals surface area contributed by atoms with Crippen LogP contribution in [0.15, 0.2) is 64.7 Å². The fourth-order valence-corrected chi connectivity index (χ4v) is 3.61. The maximum atomic E-state index is 13.1. The van der Waals surface area contributed by atoms with E-state index in [1.165, 1.54) is 6.08 Å². The van der Waals surface area contributed by atoms with Gasteiger partial charge in [0.05, 0.1) is 12.0 Å². The van der Waals surface area contributed by atoms with E-state index >= 15 is 0 Å². The molecular weight excluding hydrogens is 435 g/mol. The third kappa shape index (κ3) is 8.09. The molecule has 2 N–H and O–H groups in total. The van der Waals surface area contributed by atoms with E-state index in [4.69, 9.17) is 33.3 Å². The van der Waals surface area contributed by atoms with Crippen LogP contribution in [0.2, 0.25) is 5.02 Å². The minimum Gasteiger partial charge on any atom is -0.486 e. The minimum atomic E-state index is -1.02. The van der Waals surface area contributed by atoms with Crippen molar-refractivity contribution in [2.45, 2.75) is 32.3 Å². The Hall–Kier alpha value is -2.21. The Kier molecular flexibility index (Phi) is 10.2. The first-order chi connectivity index (χ1) is 14.8. The Bertz CT molecular complexity index is 893. The number of hydrogen-bond donors (Lipinski definition) is 2. The number of Topliss-reactive ketones (excluding diaryl/α,β-unsaturated/α-hetero) is 1. The molecule has 0 saturated carbocycles. The number of aliphatic hydroxyl groups excluding tert-OH is 1. The van der Waals surface area contributed by atoms with Crippen LogP contribution in [-0.2, 0) is 4.79 Å². The van der Waals surface area contributed by atoms with Crippen molar-refractivity contribution in [2.24, 2.45) is 16.8 Å². The standard InChI is InChI=1S/C24H28Cl2N2O3/c1-3-18(25)10-9-16(2)24(27)23(21(29)12-17-6-5-11-28-14-17)22(30)15-31-20-8-4-7-19(26)13-20/h3-4,7-11,13,17,21,23,27,29H,1,5-6,12,14-15H2,2H3/b16-9?,18-10+,27-24?. The molecule has 0 saturated heterocycles. The monoisotopic (exact) mass is 462 g/mol. The minimum absolute atomic E-state index is 0.0382. The highest BCUT2D eigenvalue weighted by atomic mass is 35.5. The van der Waals surface area contributed by atoms with Gasteiger partial charge in [-0.05, 0) is 68.2 Å². The van der Waals surface area contributed by atoms with E-state index in [1.54, 1.807) is 43.3 Å².